The number of ether oxygens (including phenoxy) is 1. The monoisotopic (exact) mass is 283 g/mol. The van der Waals surface area contributed by atoms with E-state index in [-0.39, 0.29) is 0 Å². The summed E-state index contributed by atoms with van der Waals surface area (Å²) in [6.45, 7) is 0.937. The maximum Gasteiger partial charge on any atom is 0.119 e. The van der Waals surface area contributed by atoms with Gasteiger partial charge in [-0.05, 0) is 66.8 Å². The Kier molecular flexibility index (Phi) is 4.11. The van der Waals surface area contributed by atoms with Crippen LogP contribution in [0.2, 0.25) is 0 Å². The van der Waals surface area contributed by atoms with Gasteiger partial charge in [-0.1, -0.05) is 18.2 Å². The van der Waals surface area contributed by atoms with Crippen LogP contribution in [0.5, 0.6) is 11.5 Å². The van der Waals surface area contributed by atoms with E-state index in [9.17, 15) is 5.11 Å². The zero-order chi connectivity index (χ0) is 14.7. The summed E-state index contributed by atoms with van der Waals surface area (Å²) in [6, 6.07) is 14.2. The Labute approximate surface area is 125 Å². The normalized spacial score (nSPS) is 16.7. The van der Waals surface area contributed by atoms with Gasteiger partial charge in [0.15, 0.2) is 0 Å². The van der Waals surface area contributed by atoms with Gasteiger partial charge in [-0.3, -0.25) is 0 Å². The fraction of sp³-hybridized carbons (Fsp3) is 0.333. The molecule has 0 fully saturated rings. The maximum absolute atomic E-state index is 9.29. The number of fused-ring (bicyclic) bond motifs is 1. The van der Waals surface area contributed by atoms with Crippen LogP contribution in [-0.2, 0) is 12.8 Å². The molecule has 0 radical (unpaired) electrons. The van der Waals surface area contributed by atoms with Gasteiger partial charge in [-0.15, -0.1) is 0 Å². The summed E-state index contributed by atoms with van der Waals surface area (Å²) in [4.78, 5) is 0. The molecule has 2 aromatic rings. The predicted octanol–water partition coefficient (Wildman–Crippen LogP) is 3.22. The molecule has 0 bridgehead atoms. The minimum Gasteiger partial charge on any atom is -0.508 e. The predicted molar refractivity (Wildman–Crippen MR) is 83.9 cm³/mol. The van der Waals surface area contributed by atoms with Gasteiger partial charge in [-0.25, -0.2) is 0 Å². The van der Waals surface area contributed by atoms with Gasteiger partial charge < -0.3 is 15.2 Å². The molecule has 2 N–H and O–H groups in total. The molecule has 0 aromatic heterocycles. The van der Waals surface area contributed by atoms with Crippen LogP contribution in [0.4, 0.5) is 0 Å². The van der Waals surface area contributed by atoms with E-state index in [4.69, 9.17) is 4.74 Å². The van der Waals surface area contributed by atoms with Crippen LogP contribution >= 0.6 is 0 Å². The zero-order valence-corrected chi connectivity index (χ0v) is 12.3. The van der Waals surface area contributed by atoms with Crippen LogP contribution in [0.1, 0.15) is 29.2 Å². The molecule has 3 nitrogen and oxygen atoms in total. The lowest BCUT2D eigenvalue weighted by Gasteiger charge is -2.15. The van der Waals surface area contributed by atoms with Gasteiger partial charge in [0.05, 0.1) is 7.11 Å². The van der Waals surface area contributed by atoms with Crippen molar-refractivity contribution < 1.29 is 9.84 Å². The van der Waals surface area contributed by atoms with Crippen LogP contribution in [0, 0.1) is 0 Å². The first-order valence-electron chi connectivity index (χ1n) is 7.44. The van der Waals surface area contributed by atoms with Gasteiger partial charge in [0.2, 0.25) is 0 Å². The topological polar surface area (TPSA) is 41.5 Å². The van der Waals surface area contributed by atoms with Gasteiger partial charge >= 0.3 is 0 Å². The Balaban J connectivity index is 1.59. The summed E-state index contributed by atoms with van der Waals surface area (Å²) in [5.41, 5.74) is 4.04. The third kappa shape index (κ3) is 3.19. The molecule has 1 unspecified atom stereocenters. The summed E-state index contributed by atoms with van der Waals surface area (Å²) in [6.07, 6.45) is 3.25. The third-order valence-corrected chi connectivity index (χ3v) is 4.17. The van der Waals surface area contributed by atoms with Crippen molar-refractivity contribution in [3.63, 3.8) is 0 Å². The van der Waals surface area contributed by atoms with E-state index in [1.807, 2.05) is 18.2 Å². The fourth-order valence-corrected chi connectivity index (χ4v) is 2.97. The Hall–Kier alpha value is -2.00. The van der Waals surface area contributed by atoms with Crippen LogP contribution in [0.3, 0.4) is 0 Å². The SMILES string of the molecule is COc1ccc2c(c1)C(NCCc1ccc(O)cc1)CC2. The summed E-state index contributed by atoms with van der Waals surface area (Å²) >= 11 is 0. The van der Waals surface area contributed by atoms with Crippen molar-refractivity contribution >= 4 is 0 Å². The number of hydrogen-bond donors (Lipinski definition) is 2. The highest BCUT2D eigenvalue weighted by Crippen LogP contribution is 2.33. The van der Waals surface area contributed by atoms with Gasteiger partial charge in [-0.2, -0.15) is 0 Å². The molecule has 21 heavy (non-hydrogen) atoms. The van der Waals surface area contributed by atoms with Crippen molar-refractivity contribution in [2.24, 2.45) is 0 Å². The molecular weight excluding hydrogens is 262 g/mol. The van der Waals surface area contributed by atoms with Crippen LogP contribution in [-0.4, -0.2) is 18.8 Å². The quantitative estimate of drug-likeness (QED) is 0.885. The van der Waals surface area contributed by atoms with Crippen LogP contribution in [0.15, 0.2) is 42.5 Å². The first-order chi connectivity index (χ1) is 10.3. The molecule has 0 saturated carbocycles. The highest BCUT2D eigenvalue weighted by atomic mass is 16.5. The molecule has 0 heterocycles. The molecular formula is C18H21NO2. The molecule has 0 amide bonds. The Bertz CT molecular complexity index is 607. The zero-order valence-electron chi connectivity index (χ0n) is 12.3. The lowest BCUT2D eigenvalue weighted by atomic mass is 10.1. The molecule has 1 aliphatic carbocycles. The van der Waals surface area contributed by atoms with Crippen molar-refractivity contribution in [3.8, 4) is 11.5 Å². The van der Waals surface area contributed by atoms with Crippen molar-refractivity contribution in [3.05, 3.63) is 59.2 Å². The highest BCUT2D eigenvalue weighted by Gasteiger charge is 2.22. The molecule has 0 saturated heterocycles. The molecule has 2 aromatic carbocycles. The molecule has 3 rings (SSSR count). The summed E-state index contributed by atoms with van der Waals surface area (Å²) in [5.74, 6) is 1.25. The number of benzene rings is 2. The highest BCUT2D eigenvalue weighted by molar-refractivity contribution is 5.40. The number of aryl methyl sites for hydroxylation is 1. The number of rotatable bonds is 5. The van der Waals surface area contributed by atoms with E-state index >= 15 is 0 Å². The second-order valence-electron chi connectivity index (χ2n) is 5.53. The summed E-state index contributed by atoms with van der Waals surface area (Å²) in [7, 11) is 1.71. The number of phenolic OH excluding ortho intramolecular Hbond substituents is 1. The second kappa shape index (κ2) is 6.19. The lowest BCUT2D eigenvalue weighted by molar-refractivity contribution is 0.413. The van der Waals surface area contributed by atoms with E-state index in [1.54, 1.807) is 19.2 Å². The van der Waals surface area contributed by atoms with Crippen molar-refractivity contribution in [2.45, 2.75) is 25.3 Å². The molecule has 0 aliphatic heterocycles. The van der Waals surface area contributed by atoms with Gasteiger partial charge in [0, 0.05) is 6.04 Å². The standard InChI is InChI=1S/C18H21NO2/c1-21-16-8-4-14-5-9-18(17(14)12-16)19-11-10-13-2-6-15(20)7-3-13/h2-4,6-8,12,18-20H,5,9-11H2,1H3. The maximum atomic E-state index is 9.29. The van der Waals surface area contributed by atoms with E-state index in [1.165, 1.54) is 16.7 Å². The second-order valence-corrected chi connectivity index (χ2v) is 5.53. The molecule has 1 atom stereocenters. The molecule has 0 spiro atoms. The van der Waals surface area contributed by atoms with E-state index in [2.05, 4.69) is 17.4 Å². The smallest absolute Gasteiger partial charge is 0.119 e. The first-order valence-corrected chi connectivity index (χ1v) is 7.44. The number of phenols is 1. The largest absolute Gasteiger partial charge is 0.508 e. The minimum absolute atomic E-state index is 0.323. The summed E-state index contributed by atoms with van der Waals surface area (Å²) < 4.78 is 5.32. The van der Waals surface area contributed by atoms with Crippen LogP contribution in [0.25, 0.3) is 0 Å². The Morgan fingerprint density at radius 3 is 2.76 bits per heavy atom. The average Bonchev–Trinajstić information content (AvgIpc) is 2.91. The van der Waals surface area contributed by atoms with Crippen molar-refractivity contribution in [1.29, 1.82) is 0 Å². The molecule has 1 aliphatic rings. The Morgan fingerprint density at radius 1 is 1.19 bits per heavy atom. The van der Waals surface area contributed by atoms with E-state index < -0.39 is 0 Å². The average molecular weight is 283 g/mol. The third-order valence-electron chi connectivity index (χ3n) is 4.17. The van der Waals surface area contributed by atoms with Gasteiger partial charge in [0.25, 0.3) is 0 Å². The number of nitrogens with one attached hydrogen (secondary N) is 1. The molecule has 110 valence electrons. The number of hydrogen-bond acceptors (Lipinski definition) is 3. The van der Waals surface area contributed by atoms with Gasteiger partial charge in [0.1, 0.15) is 11.5 Å². The summed E-state index contributed by atoms with van der Waals surface area (Å²) in [5, 5.41) is 12.9. The van der Waals surface area contributed by atoms with E-state index in [0.717, 1.165) is 31.6 Å². The fourth-order valence-electron chi connectivity index (χ4n) is 2.97. The number of methoxy groups -OCH3 is 1. The molecule has 3 heteroatoms. The van der Waals surface area contributed by atoms with Crippen molar-refractivity contribution in [2.75, 3.05) is 13.7 Å². The number of aromatic hydroxyl groups is 1. The van der Waals surface area contributed by atoms with Crippen LogP contribution < -0.4 is 10.1 Å². The Morgan fingerprint density at radius 2 is 2.00 bits per heavy atom. The lowest BCUT2D eigenvalue weighted by Crippen LogP contribution is -2.21. The first kappa shape index (κ1) is 14.0. The minimum atomic E-state index is 0.323. The van der Waals surface area contributed by atoms with Crippen molar-refractivity contribution in [1.82, 2.24) is 5.32 Å². The van der Waals surface area contributed by atoms with E-state index in [0.29, 0.717) is 11.8 Å².